The third-order valence-corrected chi connectivity index (χ3v) is 5.55. The summed E-state index contributed by atoms with van der Waals surface area (Å²) in [6, 6.07) is 0.789. The largest absolute Gasteiger partial charge is 0.389 e. The first-order valence-electron chi connectivity index (χ1n) is 8.65. The minimum atomic E-state index is -0.411. The fourth-order valence-corrected chi connectivity index (χ4v) is 3.75. The smallest absolute Gasteiger partial charge is 0.0774 e. The highest BCUT2D eigenvalue weighted by Crippen LogP contribution is 2.33. The van der Waals surface area contributed by atoms with E-state index in [0.29, 0.717) is 5.41 Å². The Morgan fingerprint density at radius 1 is 1.20 bits per heavy atom. The molecule has 0 unspecified atom stereocenters. The van der Waals surface area contributed by atoms with Gasteiger partial charge >= 0.3 is 0 Å². The summed E-state index contributed by atoms with van der Waals surface area (Å²) in [7, 11) is 2.19. The van der Waals surface area contributed by atoms with Crippen LogP contribution in [0.1, 0.15) is 65.2 Å². The summed E-state index contributed by atoms with van der Waals surface area (Å²) in [5, 5.41) is 14.3. The highest BCUT2D eigenvalue weighted by atomic mass is 16.3. The van der Waals surface area contributed by atoms with Gasteiger partial charge in [-0.05, 0) is 51.0 Å². The van der Waals surface area contributed by atoms with Crippen LogP contribution in [0.4, 0.5) is 0 Å². The monoisotopic (exact) mass is 282 g/mol. The molecule has 0 aromatic heterocycles. The van der Waals surface area contributed by atoms with Crippen molar-refractivity contribution in [3.63, 3.8) is 0 Å². The lowest BCUT2D eigenvalue weighted by atomic mass is 9.81. The Morgan fingerprint density at radius 2 is 1.80 bits per heavy atom. The molecule has 118 valence electrons. The number of likely N-dealkylation sites (N-methyl/N-ethyl adjacent to an activating group) is 1. The number of aliphatic hydroxyl groups is 1. The van der Waals surface area contributed by atoms with Crippen LogP contribution in [0.25, 0.3) is 0 Å². The van der Waals surface area contributed by atoms with Crippen LogP contribution in [0, 0.1) is 5.41 Å². The Labute approximate surface area is 125 Å². The minimum absolute atomic E-state index is 0.367. The molecule has 20 heavy (non-hydrogen) atoms. The summed E-state index contributed by atoms with van der Waals surface area (Å²) in [6.45, 7) is 7.71. The molecular formula is C17H34N2O. The third kappa shape index (κ3) is 4.44. The number of nitrogens with one attached hydrogen (secondary N) is 1. The number of hydrogen-bond acceptors (Lipinski definition) is 3. The lowest BCUT2D eigenvalue weighted by Crippen LogP contribution is -2.47. The van der Waals surface area contributed by atoms with E-state index in [1.807, 2.05) is 0 Å². The summed E-state index contributed by atoms with van der Waals surface area (Å²) in [6.07, 6.45) is 9.52. The van der Waals surface area contributed by atoms with Gasteiger partial charge in [0.2, 0.25) is 0 Å². The van der Waals surface area contributed by atoms with Gasteiger partial charge in [-0.25, -0.2) is 0 Å². The van der Waals surface area contributed by atoms with E-state index < -0.39 is 5.60 Å². The predicted octanol–water partition coefficient (Wildman–Crippen LogP) is 2.78. The van der Waals surface area contributed by atoms with Crippen LogP contribution in [0.15, 0.2) is 0 Å². The normalized spacial score (nSPS) is 22.6. The van der Waals surface area contributed by atoms with Gasteiger partial charge in [0.15, 0.2) is 0 Å². The van der Waals surface area contributed by atoms with Gasteiger partial charge in [-0.2, -0.15) is 0 Å². The van der Waals surface area contributed by atoms with E-state index in [9.17, 15) is 5.11 Å². The summed E-state index contributed by atoms with van der Waals surface area (Å²) in [5.74, 6) is 0. The molecule has 0 radical (unpaired) electrons. The maximum absolute atomic E-state index is 10.6. The fourth-order valence-electron chi connectivity index (χ4n) is 3.75. The standard InChI is InChI=1S/C17H34N2O/c1-4-16(5-2,12-18-15-8-9-15)13-19(3)14-17(20)10-6-7-11-17/h15,18,20H,4-14H2,1-3H3. The van der Waals surface area contributed by atoms with Crippen molar-refractivity contribution < 1.29 is 5.11 Å². The Hall–Kier alpha value is -0.120. The third-order valence-electron chi connectivity index (χ3n) is 5.55. The highest BCUT2D eigenvalue weighted by Gasteiger charge is 2.35. The summed E-state index contributed by atoms with van der Waals surface area (Å²) in [5.41, 5.74) is -0.0435. The van der Waals surface area contributed by atoms with Crippen molar-refractivity contribution >= 4 is 0 Å². The van der Waals surface area contributed by atoms with E-state index in [-0.39, 0.29) is 0 Å². The second-order valence-electron chi connectivity index (χ2n) is 7.47. The lowest BCUT2D eigenvalue weighted by Gasteiger charge is -2.38. The SMILES string of the molecule is CCC(CC)(CNC1CC1)CN(C)CC1(O)CCCC1. The van der Waals surface area contributed by atoms with Crippen molar-refractivity contribution in [3.05, 3.63) is 0 Å². The van der Waals surface area contributed by atoms with Crippen molar-refractivity contribution in [2.75, 3.05) is 26.7 Å². The van der Waals surface area contributed by atoms with Gasteiger partial charge in [0.05, 0.1) is 5.60 Å². The van der Waals surface area contributed by atoms with Crippen LogP contribution >= 0.6 is 0 Å². The van der Waals surface area contributed by atoms with Crippen LogP contribution in [-0.4, -0.2) is 48.3 Å². The van der Waals surface area contributed by atoms with Gasteiger partial charge in [-0.1, -0.05) is 26.7 Å². The molecule has 0 saturated heterocycles. The first kappa shape index (κ1) is 16.3. The molecule has 2 fully saturated rings. The van der Waals surface area contributed by atoms with Crippen molar-refractivity contribution in [2.24, 2.45) is 5.41 Å². The van der Waals surface area contributed by atoms with Crippen molar-refractivity contribution in [1.29, 1.82) is 0 Å². The Kier molecular flexibility index (Phi) is 5.49. The highest BCUT2D eigenvalue weighted by molar-refractivity contribution is 4.91. The molecule has 2 aliphatic carbocycles. The minimum Gasteiger partial charge on any atom is -0.389 e. The van der Waals surface area contributed by atoms with Gasteiger partial charge in [0.25, 0.3) is 0 Å². The van der Waals surface area contributed by atoms with E-state index in [1.165, 1.54) is 38.5 Å². The van der Waals surface area contributed by atoms with Crippen LogP contribution < -0.4 is 5.32 Å². The Bertz CT molecular complexity index is 291. The molecule has 0 atom stereocenters. The molecule has 2 N–H and O–H groups in total. The number of nitrogens with zero attached hydrogens (tertiary/aromatic N) is 1. The van der Waals surface area contributed by atoms with Gasteiger partial charge in [-0.15, -0.1) is 0 Å². The average Bonchev–Trinajstić information content (AvgIpc) is 3.16. The van der Waals surface area contributed by atoms with Gasteiger partial charge in [0.1, 0.15) is 0 Å². The fraction of sp³-hybridized carbons (Fsp3) is 1.00. The number of rotatable bonds is 9. The zero-order chi connectivity index (χ0) is 14.6. The molecule has 0 bridgehead atoms. The quantitative estimate of drug-likeness (QED) is 0.682. The maximum atomic E-state index is 10.6. The molecule has 0 aromatic rings. The molecule has 2 rings (SSSR count). The van der Waals surface area contributed by atoms with Crippen LogP contribution in [0.5, 0.6) is 0 Å². The zero-order valence-corrected chi connectivity index (χ0v) is 13.7. The Balaban J connectivity index is 1.84. The van der Waals surface area contributed by atoms with Gasteiger partial charge in [-0.3, -0.25) is 0 Å². The van der Waals surface area contributed by atoms with Crippen molar-refractivity contribution in [2.45, 2.75) is 76.9 Å². The molecule has 0 aliphatic heterocycles. The molecule has 0 amide bonds. The molecule has 0 heterocycles. The lowest BCUT2D eigenvalue weighted by molar-refractivity contribution is 0.00411. The zero-order valence-electron chi connectivity index (χ0n) is 13.7. The second-order valence-corrected chi connectivity index (χ2v) is 7.47. The van der Waals surface area contributed by atoms with E-state index in [0.717, 1.165) is 38.5 Å². The van der Waals surface area contributed by atoms with Crippen LogP contribution in [0.3, 0.4) is 0 Å². The maximum Gasteiger partial charge on any atom is 0.0774 e. The molecule has 0 spiro atoms. The van der Waals surface area contributed by atoms with E-state index in [2.05, 4.69) is 31.1 Å². The van der Waals surface area contributed by atoms with Crippen molar-refractivity contribution in [1.82, 2.24) is 10.2 Å². The average molecular weight is 282 g/mol. The summed E-state index contributed by atoms with van der Waals surface area (Å²) in [4.78, 5) is 2.38. The van der Waals surface area contributed by atoms with E-state index in [1.54, 1.807) is 0 Å². The van der Waals surface area contributed by atoms with Crippen LogP contribution in [0.2, 0.25) is 0 Å². The molecule has 2 aliphatic rings. The van der Waals surface area contributed by atoms with E-state index in [4.69, 9.17) is 0 Å². The number of hydrogen-bond donors (Lipinski definition) is 2. The first-order chi connectivity index (χ1) is 9.51. The molecule has 3 nitrogen and oxygen atoms in total. The molecule has 2 saturated carbocycles. The summed E-state index contributed by atoms with van der Waals surface area (Å²) >= 11 is 0. The summed E-state index contributed by atoms with van der Waals surface area (Å²) < 4.78 is 0. The molecule has 0 aromatic carbocycles. The Morgan fingerprint density at radius 3 is 2.30 bits per heavy atom. The second kappa shape index (κ2) is 6.76. The first-order valence-corrected chi connectivity index (χ1v) is 8.65. The van der Waals surface area contributed by atoms with E-state index >= 15 is 0 Å². The molecular weight excluding hydrogens is 248 g/mol. The molecule has 3 heteroatoms. The predicted molar refractivity (Wildman–Crippen MR) is 85.0 cm³/mol. The van der Waals surface area contributed by atoms with Gasteiger partial charge < -0.3 is 15.3 Å². The van der Waals surface area contributed by atoms with Crippen molar-refractivity contribution in [3.8, 4) is 0 Å². The topological polar surface area (TPSA) is 35.5 Å². The van der Waals surface area contributed by atoms with Crippen LogP contribution in [-0.2, 0) is 0 Å². The van der Waals surface area contributed by atoms with Gasteiger partial charge in [0, 0.05) is 25.7 Å².